The van der Waals surface area contributed by atoms with E-state index in [1.807, 2.05) is 48.5 Å². The summed E-state index contributed by atoms with van der Waals surface area (Å²) in [6.07, 6.45) is 3.54. The standard InChI is InChI=1S/C22H22N4O/c1-27-17-11-9-16(10-12-17)18(15-23)21-22(26-13-5-2-6-14-26)25-20-8-4-3-7-19(20)24-21/h3-4,7-12,18H,2,5-6,13-14H2,1H3/t18-/m1/s1. The van der Waals surface area contributed by atoms with Crippen molar-refractivity contribution in [2.45, 2.75) is 25.2 Å². The van der Waals surface area contributed by atoms with Gasteiger partial charge in [0.15, 0.2) is 5.82 Å². The van der Waals surface area contributed by atoms with E-state index in [0.717, 1.165) is 59.8 Å². The lowest BCUT2D eigenvalue weighted by molar-refractivity contribution is 0.414. The fourth-order valence-corrected chi connectivity index (χ4v) is 3.63. The largest absolute Gasteiger partial charge is 0.497 e. The summed E-state index contributed by atoms with van der Waals surface area (Å²) in [5, 5.41) is 9.99. The Bertz CT molecular complexity index is 972. The number of aromatic nitrogens is 2. The third-order valence-corrected chi connectivity index (χ3v) is 5.09. The van der Waals surface area contributed by atoms with Gasteiger partial charge in [0.1, 0.15) is 17.4 Å². The molecule has 5 nitrogen and oxygen atoms in total. The summed E-state index contributed by atoms with van der Waals surface area (Å²) in [7, 11) is 1.64. The molecule has 0 unspecified atom stereocenters. The van der Waals surface area contributed by atoms with E-state index in [9.17, 15) is 5.26 Å². The van der Waals surface area contributed by atoms with Gasteiger partial charge < -0.3 is 9.64 Å². The average Bonchev–Trinajstić information content (AvgIpc) is 2.75. The molecule has 0 saturated carbocycles. The summed E-state index contributed by atoms with van der Waals surface area (Å²) in [6.45, 7) is 1.92. The molecule has 1 saturated heterocycles. The molecule has 1 aliphatic rings. The number of benzene rings is 2. The van der Waals surface area contributed by atoms with Crippen LogP contribution in [0.1, 0.15) is 36.4 Å². The first-order valence-corrected chi connectivity index (χ1v) is 9.35. The Labute approximate surface area is 159 Å². The lowest BCUT2D eigenvalue weighted by Crippen LogP contribution is -2.32. The number of rotatable bonds is 4. The van der Waals surface area contributed by atoms with Crippen molar-refractivity contribution in [3.63, 3.8) is 0 Å². The molecule has 2 aromatic carbocycles. The predicted octanol–water partition coefficient (Wildman–Crippen LogP) is 4.28. The second-order valence-electron chi connectivity index (χ2n) is 6.80. The Balaban J connectivity index is 1.84. The highest BCUT2D eigenvalue weighted by atomic mass is 16.5. The molecule has 136 valence electrons. The zero-order valence-corrected chi connectivity index (χ0v) is 15.4. The second-order valence-corrected chi connectivity index (χ2v) is 6.80. The molecule has 0 aliphatic carbocycles. The molecule has 5 heteroatoms. The van der Waals surface area contributed by atoms with E-state index < -0.39 is 5.92 Å². The molecule has 1 aromatic heterocycles. The van der Waals surface area contributed by atoms with Crippen LogP contribution in [0.2, 0.25) is 0 Å². The van der Waals surface area contributed by atoms with Crippen LogP contribution < -0.4 is 9.64 Å². The highest BCUT2D eigenvalue weighted by molar-refractivity contribution is 5.77. The van der Waals surface area contributed by atoms with Crippen LogP contribution in [0, 0.1) is 11.3 Å². The van der Waals surface area contributed by atoms with Gasteiger partial charge in [0.05, 0.1) is 24.2 Å². The summed E-state index contributed by atoms with van der Waals surface area (Å²) >= 11 is 0. The third kappa shape index (κ3) is 3.43. The maximum atomic E-state index is 9.99. The number of piperidine rings is 1. The van der Waals surface area contributed by atoms with E-state index in [4.69, 9.17) is 14.7 Å². The Morgan fingerprint density at radius 2 is 1.63 bits per heavy atom. The molecular formula is C22H22N4O. The average molecular weight is 358 g/mol. The van der Waals surface area contributed by atoms with E-state index >= 15 is 0 Å². The smallest absolute Gasteiger partial charge is 0.152 e. The molecule has 0 bridgehead atoms. The number of anilines is 1. The van der Waals surface area contributed by atoms with Gasteiger partial charge >= 0.3 is 0 Å². The molecule has 1 atom stereocenters. The molecule has 4 rings (SSSR count). The zero-order valence-electron chi connectivity index (χ0n) is 15.4. The van der Waals surface area contributed by atoms with Crippen molar-refractivity contribution >= 4 is 16.9 Å². The summed E-state index contributed by atoms with van der Waals surface area (Å²) in [6, 6.07) is 17.9. The second kappa shape index (κ2) is 7.63. The fraction of sp³-hybridized carbons (Fsp3) is 0.318. The van der Waals surface area contributed by atoms with E-state index in [-0.39, 0.29) is 0 Å². The normalized spacial score (nSPS) is 15.3. The highest BCUT2D eigenvalue weighted by Crippen LogP contribution is 2.33. The monoisotopic (exact) mass is 358 g/mol. The highest BCUT2D eigenvalue weighted by Gasteiger charge is 2.25. The van der Waals surface area contributed by atoms with Crippen LogP contribution in [0.4, 0.5) is 5.82 Å². The number of fused-ring (bicyclic) bond motifs is 1. The van der Waals surface area contributed by atoms with Crippen molar-refractivity contribution in [2.24, 2.45) is 0 Å². The van der Waals surface area contributed by atoms with E-state index in [1.54, 1.807) is 7.11 Å². The summed E-state index contributed by atoms with van der Waals surface area (Å²) in [4.78, 5) is 12.1. The molecule has 1 fully saturated rings. The molecule has 0 amide bonds. The van der Waals surface area contributed by atoms with Crippen molar-refractivity contribution in [2.75, 3.05) is 25.1 Å². The molecule has 2 heterocycles. The minimum atomic E-state index is -0.468. The Kier molecular flexibility index (Phi) is 4.88. The van der Waals surface area contributed by atoms with E-state index in [0.29, 0.717) is 0 Å². The number of para-hydroxylation sites is 2. The van der Waals surface area contributed by atoms with Crippen molar-refractivity contribution in [3.05, 3.63) is 59.8 Å². The first-order chi connectivity index (χ1) is 13.3. The minimum absolute atomic E-state index is 0.468. The van der Waals surface area contributed by atoms with E-state index in [1.165, 1.54) is 6.42 Å². The van der Waals surface area contributed by atoms with E-state index in [2.05, 4.69) is 11.0 Å². The van der Waals surface area contributed by atoms with Crippen molar-refractivity contribution < 1.29 is 4.74 Å². The van der Waals surface area contributed by atoms with Gasteiger partial charge in [0, 0.05) is 13.1 Å². The Morgan fingerprint density at radius 3 is 2.26 bits per heavy atom. The molecule has 1 aliphatic heterocycles. The van der Waals surface area contributed by atoms with Crippen LogP contribution in [0.3, 0.4) is 0 Å². The first-order valence-electron chi connectivity index (χ1n) is 9.35. The molecule has 27 heavy (non-hydrogen) atoms. The molecular weight excluding hydrogens is 336 g/mol. The quantitative estimate of drug-likeness (QED) is 0.696. The molecule has 3 aromatic rings. The lowest BCUT2D eigenvalue weighted by atomic mass is 9.95. The predicted molar refractivity (Wildman–Crippen MR) is 106 cm³/mol. The summed E-state index contributed by atoms with van der Waals surface area (Å²) in [5.41, 5.74) is 3.33. The Morgan fingerprint density at radius 1 is 0.963 bits per heavy atom. The fourth-order valence-electron chi connectivity index (χ4n) is 3.63. The molecule has 0 radical (unpaired) electrons. The molecule has 0 N–H and O–H groups in total. The first kappa shape index (κ1) is 17.3. The SMILES string of the molecule is COc1ccc([C@@H](C#N)c2nc3ccccc3nc2N2CCCCC2)cc1. The van der Waals surface area contributed by atoms with Crippen molar-refractivity contribution in [1.82, 2.24) is 9.97 Å². The van der Waals surface area contributed by atoms with Gasteiger partial charge in [0.2, 0.25) is 0 Å². The van der Waals surface area contributed by atoms with Crippen LogP contribution >= 0.6 is 0 Å². The summed E-state index contributed by atoms with van der Waals surface area (Å²) < 4.78 is 5.25. The van der Waals surface area contributed by atoms with Crippen molar-refractivity contribution in [3.8, 4) is 11.8 Å². The minimum Gasteiger partial charge on any atom is -0.497 e. The van der Waals surface area contributed by atoms with Gasteiger partial charge in [-0.05, 0) is 49.1 Å². The number of hydrogen-bond donors (Lipinski definition) is 0. The van der Waals surface area contributed by atoms with Gasteiger partial charge in [-0.25, -0.2) is 9.97 Å². The maximum absolute atomic E-state index is 9.99. The van der Waals surface area contributed by atoms with Crippen LogP contribution in [-0.2, 0) is 0 Å². The summed E-state index contributed by atoms with van der Waals surface area (Å²) in [5.74, 6) is 1.15. The number of hydrogen-bond acceptors (Lipinski definition) is 5. The van der Waals surface area contributed by atoms with Gasteiger partial charge in [-0.15, -0.1) is 0 Å². The Hall–Kier alpha value is -3.13. The zero-order chi connectivity index (χ0) is 18.6. The number of nitriles is 1. The van der Waals surface area contributed by atoms with Gasteiger partial charge in [-0.2, -0.15) is 5.26 Å². The number of ether oxygens (including phenoxy) is 1. The third-order valence-electron chi connectivity index (χ3n) is 5.09. The molecule has 0 spiro atoms. The topological polar surface area (TPSA) is 62.0 Å². The lowest BCUT2D eigenvalue weighted by Gasteiger charge is -2.30. The van der Waals surface area contributed by atoms with Crippen molar-refractivity contribution in [1.29, 1.82) is 5.26 Å². The van der Waals surface area contributed by atoms with Crippen LogP contribution in [0.15, 0.2) is 48.5 Å². The van der Waals surface area contributed by atoms with Gasteiger partial charge in [-0.3, -0.25) is 0 Å². The van der Waals surface area contributed by atoms with Crippen LogP contribution in [0.25, 0.3) is 11.0 Å². The number of nitrogens with zero attached hydrogens (tertiary/aromatic N) is 4. The maximum Gasteiger partial charge on any atom is 0.152 e. The van der Waals surface area contributed by atoms with Crippen LogP contribution in [0.5, 0.6) is 5.75 Å². The van der Waals surface area contributed by atoms with Gasteiger partial charge in [0.25, 0.3) is 0 Å². The van der Waals surface area contributed by atoms with Crippen LogP contribution in [-0.4, -0.2) is 30.2 Å². The van der Waals surface area contributed by atoms with Gasteiger partial charge in [-0.1, -0.05) is 24.3 Å². The number of methoxy groups -OCH3 is 1.